The van der Waals surface area contributed by atoms with E-state index in [1.807, 2.05) is 4.98 Å². The molecule has 0 saturated heterocycles. The van der Waals surface area contributed by atoms with E-state index in [-0.39, 0.29) is 6.61 Å². The van der Waals surface area contributed by atoms with Gasteiger partial charge in [0.2, 0.25) is 5.39 Å². The molecule has 8 heteroatoms. The molecule has 118 valence electrons. The Bertz CT molecular complexity index is 506. The van der Waals surface area contributed by atoms with Gasteiger partial charge in [0.1, 0.15) is 6.61 Å². The zero-order valence-corrected chi connectivity index (χ0v) is 11.7. The highest BCUT2D eigenvalue weighted by Gasteiger charge is 2.51. The van der Waals surface area contributed by atoms with Gasteiger partial charge in [0.25, 0.3) is 0 Å². The van der Waals surface area contributed by atoms with Gasteiger partial charge in [0.05, 0.1) is 7.95 Å². The van der Waals surface area contributed by atoms with E-state index in [0.29, 0.717) is 18.4 Å². The first-order valence-corrected chi connectivity index (χ1v) is 5.99. The zero-order chi connectivity index (χ0) is 17.3. The van der Waals surface area contributed by atoms with Crippen molar-refractivity contribution in [3.63, 3.8) is 0 Å². The number of hydrogen-bond acceptors (Lipinski definition) is 4. The molecule has 2 N–H and O–H groups in total. The molecule has 5 nitrogen and oxygen atoms in total. The van der Waals surface area contributed by atoms with Gasteiger partial charge in [0.15, 0.2) is 4.98 Å². The predicted molar refractivity (Wildman–Crippen MR) is 70.6 cm³/mol. The lowest BCUT2D eigenvalue weighted by molar-refractivity contribution is -0.0968. The van der Waals surface area contributed by atoms with Gasteiger partial charge >= 0.3 is 17.8 Å². The maximum atomic E-state index is 12.3. The minimum atomic E-state index is -5.02. The molecule has 0 aliphatic heterocycles. The molecule has 0 saturated carbocycles. The molecule has 0 amide bonds. The lowest BCUT2D eigenvalue weighted by Gasteiger charge is -2.05. The summed E-state index contributed by atoms with van der Waals surface area (Å²) in [4.78, 5) is 1.96. The first-order chi connectivity index (χ1) is 10.1. The third-order valence-corrected chi connectivity index (χ3v) is 2.40. The van der Waals surface area contributed by atoms with Crippen LogP contribution < -0.4 is 0 Å². The topological polar surface area (TPSA) is 77.8 Å². The van der Waals surface area contributed by atoms with Gasteiger partial charge in [-0.05, 0) is 32.3 Å². The summed E-state index contributed by atoms with van der Waals surface area (Å²) < 4.78 is 48.3. The summed E-state index contributed by atoms with van der Waals surface area (Å²) in [7, 11) is 0. The van der Waals surface area contributed by atoms with E-state index in [1.165, 1.54) is 6.08 Å². The van der Waals surface area contributed by atoms with Gasteiger partial charge in [0, 0.05) is 0 Å². The summed E-state index contributed by atoms with van der Waals surface area (Å²) >= 11 is 0. The standard InChI is InChI=1S/C13H17F3N2O3/c1-9(6-7-19)4-3-5-10(2)8-21-12(20)11(18-17)13(14,15)16/h5-6,19H,3-4,7-8H2,1-2H3/p+1/b9-6+,10-5+,12-11-/i7T. The van der Waals surface area contributed by atoms with Crippen molar-refractivity contribution in [2.45, 2.75) is 32.9 Å². The number of diazo groups is 1. The minimum Gasteiger partial charge on any atom is -0.475 e. The van der Waals surface area contributed by atoms with Gasteiger partial charge in [-0.2, -0.15) is 13.2 Å². The fraction of sp³-hybridized carbons (Fsp3) is 0.538. The first kappa shape index (κ1) is 17.0. The number of aliphatic hydroxyl groups is 2. The highest BCUT2D eigenvalue weighted by molar-refractivity contribution is 5.16. The Kier molecular flexibility index (Phi) is 7.32. The van der Waals surface area contributed by atoms with Crippen molar-refractivity contribution in [2.24, 2.45) is 0 Å². The lowest BCUT2D eigenvalue weighted by atomic mass is 10.1. The maximum Gasteiger partial charge on any atom is 0.543 e. The van der Waals surface area contributed by atoms with E-state index in [0.717, 1.165) is 5.57 Å². The second kappa shape index (κ2) is 9.02. The highest BCUT2D eigenvalue weighted by atomic mass is 19.4. The lowest BCUT2D eigenvalue weighted by Crippen LogP contribution is -2.13. The molecule has 0 fully saturated rings. The second-order valence-electron chi connectivity index (χ2n) is 4.29. The molecule has 21 heavy (non-hydrogen) atoms. The van der Waals surface area contributed by atoms with E-state index >= 15 is 0 Å². The number of ether oxygens (including phenoxy) is 1. The van der Waals surface area contributed by atoms with Gasteiger partial charge < -0.3 is 14.9 Å². The second-order valence-corrected chi connectivity index (χ2v) is 4.29. The Labute approximate surface area is 122 Å². The normalized spacial score (nSPS) is 16.7. The van der Waals surface area contributed by atoms with E-state index in [2.05, 4.69) is 4.74 Å². The van der Waals surface area contributed by atoms with Gasteiger partial charge in [-0.3, -0.25) is 0 Å². The number of nitrogens with zero attached hydrogens (tertiary/aromatic N) is 2. The number of hydrogen-bond donors (Lipinski definition) is 2. The van der Waals surface area contributed by atoms with Crippen LogP contribution in [-0.4, -0.2) is 29.6 Å². The highest BCUT2D eigenvalue weighted by Crippen LogP contribution is 2.28. The van der Waals surface area contributed by atoms with E-state index in [1.54, 1.807) is 19.9 Å². The van der Waals surface area contributed by atoms with Gasteiger partial charge in [-0.25, -0.2) is 0 Å². The number of allylic oxidation sites excluding steroid dienone is 3. The van der Waals surface area contributed by atoms with Crippen LogP contribution >= 0.6 is 0 Å². The molecule has 0 aromatic rings. The van der Waals surface area contributed by atoms with Crippen LogP contribution in [-0.2, 0) is 4.74 Å². The van der Waals surface area contributed by atoms with Crippen molar-refractivity contribution >= 4 is 0 Å². The number of aliphatic hydroxyl groups excluding tert-OH is 2. The van der Waals surface area contributed by atoms with E-state index in [9.17, 15) is 13.2 Å². The average molecular weight is 309 g/mol. The van der Waals surface area contributed by atoms with Crippen LogP contribution in [0.3, 0.4) is 0 Å². The molecular formula is C13H18F3N2O3+. The van der Waals surface area contributed by atoms with Crippen molar-refractivity contribution in [2.75, 3.05) is 13.2 Å². The summed E-state index contributed by atoms with van der Waals surface area (Å²) in [6.07, 6.45) is -0.869. The molecule has 0 radical (unpaired) electrons. The Morgan fingerprint density at radius 2 is 1.95 bits per heavy atom. The van der Waals surface area contributed by atoms with Gasteiger partial charge in [-0.15, -0.1) is 0 Å². The summed E-state index contributed by atoms with van der Waals surface area (Å²) in [5, 5.41) is 26.1. The molecule has 0 aromatic carbocycles. The average Bonchev–Trinajstić information content (AvgIpc) is 2.34. The van der Waals surface area contributed by atoms with Crippen molar-refractivity contribution < 1.29 is 29.5 Å². The number of halogens is 3. The van der Waals surface area contributed by atoms with Crippen molar-refractivity contribution in [1.82, 2.24) is 0 Å². The summed E-state index contributed by atoms with van der Waals surface area (Å²) in [6, 6.07) is 0. The third-order valence-electron chi connectivity index (χ3n) is 2.40. The SMILES string of the molecule is [3H]C(O)/C=C(\C)CC/C=C(\C)CO/C(O)=C(\[N+]#N)C(F)(F)F. The van der Waals surface area contributed by atoms with Crippen LogP contribution in [0.5, 0.6) is 0 Å². The molecule has 0 spiro atoms. The zero-order valence-electron chi connectivity index (χ0n) is 12.7. The Hall–Kier alpha value is -2.01. The fourth-order valence-electron chi connectivity index (χ4n) is 1.29. The molecule has 1 unspecified atom stereocenters. The first-order valence-electron chi connectivity index (χ1n) is 6.57. The van der Waals surface area contributed by atoms with Crippen LogP contribution in [0, 0.1) is 5.39 Å². The molecule has 1 atom stereocenters. The monoisotopic (exact) mass is 309 g/mol. The molecular weight excluding hydrogens is 289 g/mol. The third kappa shape index (κ3) is 7.99. The molecule has 0 aromatic heterocycles. The van der Waals surface area contributed by atoms with Crippen LogP contribution in [0.2, 0.25) is 0 Å². The summed E-state index contributed by atoms with van der Waals surface area (Å²) in [6.45, 7) is 1.75. The predicted octanol–water partition coefficient (Wildman–Crippen LogP) is 3.81. The molecule has 0 heterocycles. The molecule has 0 rings (SSSR count). The van der Waals surface area contributed by atoms with Crippen LogP contribution in [0.1, 0.15) is 28.1 Å². The summed E-state index contributed by atoms with van der Waals surface area (Å²) in [5.41, 5.74) is -0.539. The van der Waals surface area contributed by atoms with Crippen LogP contribution in [0.4, 0.5) is 13.2 Å². The smallest absolute Gasteiger partial charge is 0.475 e. The van der Waals surface area contributed by atoms with Gasteiger partial charge in [-0.1, -0.05) is 17.7 Å². The molecule has 0 bridgehead atoms. The molecule has 0 aliphatic carbocycles. The Morgan fingerprint density at radius 1 is 1.33 bits per heavy atom. The maximum absolute atomic E-state index is 12.3. The van der Waals surface area contributed by atoms with Crippen molar-refractivity contribution in [3.8, 4) is 0 Å². The van der Waals surface area contributed by atoms with Crippen LogP contribution in [0.25, 0.3) is 4.98 Å². The minimum absolute atomic E-state index is 0.301. The van der Waals surface area contributed by atoms with E-state index < -0.39 is 24.4 Å². The summed E-state index contributed by atoms with van der Waals surface area (Å²) in [5.74, 6) is -1.50. The quantitative estimate of drug-likeness (QED) is 0.426. The Morgan fingerprint density at radius 3 is 2.43 bits per heavy atom. The van der Waals surface area contributed by atoms with Crippen molar-refractivity contribution in [3.05, 3.63) is 39.9 Å². The van der Waals surface area contributed by atoms with Crippen LogP contribution in [0.15, 0.2) is 34.9 Å². The van der Waals surface area contributed by atoms with E-state index in [4.69, 9.17) is 17.0 Å². The number of alkyl halides is 3. The largest absolute Gasteiger partial charge is 0.543 e. The van der Waals surface area contributed by atoms with Crippen molar-refractivity contribution in [1.29, 1.82) is 5.39 Å². The molecule has 0 aliphatic rings. The Balaban J connectivity index is 4.51. The fourth-order valence-corrected chi connectivity index (χ4v) is 1.29. The number of rotatable bonds is 7.